The van der Waals surface area contributed by atoms with Gasteiger partial charge in [-0.2, -0.15) is 0 Å². The van der Waals surface area contributed by atoms with Gasteiger partial charge in [0, 0.05) is 17.4 Å². The molecule has 0 radical (unpaired) electrons. The summed E-state index contributed by atoms with van der Waals surface area (Å²) in [7, 11) is 0. The van der Waals surface area contributed by atoms with Gasteiger partial charge in [0.2, 0.25) is 0 Å². The summed E-state index contributed by atoms with van der Waals surface area (Å²) in [5.74, 6) is -0.194. The van der Waals surface area contributed by atoms with Crippen LogP contribution in [0.3, 0.4) is 0 Å². The lowest BCUT2D eigenvalue weighted by Gasteiger charge is -2.17. The highest BCUT2D eigenvalue weighted by Crippen LogP contribution is 2.45. The van der Waals surface area contributed by atoms with Crippen molar-refractivity contribution in [1.82, 2.24) is 15.3 Å². The van der Waals surface area contributed by atoms with Crippen LogP contribution in [0.4, 0.5) is 0 Å². The molecule has 3 rings (SSSR count). The first-order chi connectivity index (χ1) is 9.20. The molecule has 1 saturated carbocycles. The number of nitrogens with zero attached hydrogens (tertiary/aromatic N) is 2. The molecule has 1 aliphatic rings. The highest BCUT2D eigenvalue weighted by Gasteiger charge is 2.45. The fourth-order valence-corrected chi connectivity index (χ4v) is 2.20. The molecule has 1 aromatic heterocycles. The standard InChI is InChI=1S/C14H12ClN3O/c15-11-3-1-10(2-4-11)14(5-6-14)18-13(19)12-9-16-7-8-17-12/h1-4,7-9H,5-6H2,(H,18,19). The van der Waals surface area contributed by atoms with E-state index in [1.54, 1.807) is 6.20 Å². The lowest BCUT2D eigenvalue weighted by molar-refractivity contribution is 0.0925. The van der Waals surface area contributed by atoms with Gasteiger partial charge >= 0.3 is 0 Å². The normalized spacial score (nSPS) is 15.8. The number of carbonyl (C=O) groups is 1. The third-order valence-electron chi connectivity index (χ3n) is 3.30. The third kappa shape index (κ3) is 2.44. The maximum atomic E-state index is 12.1. The van der Waals surface area contributed by atoms with E-state index in [4.69, 9.17) is 11.6 Å². The molecule has 1 amide bonds. The third-order valence-corrected chi connectivity index (χ3v) is 3.55. The zero-order valence-electron chi connectivity index (χ0n) is 10.1. The summed E-state index contributed by atoms with van der Waals surface area (Å²) in [6, 6.07) is 7.58. The Kier molecular flexibility index (Phi) is 2.95. The van der Waals surface area contributed by atoms with E-state index in [-0.39, 0.29) is 11.4 Å². The van der Waals surface area contributed by atoms with Crippen molar-refractivity contribution < 1.29 is 4.79 Å². The average Bonchev–Trinajstić information content (AvgIpc) is 3.21. The Morgan fingerprint density at radius 3 is 2.53 bits per heavy atom. The number of amides is 1. The molecule has 0 atom stereocenters. The zero-order chi connectivity index (χ0) is 13.3. The first-order valence-corrected chi connectivity index (χ1v) is 6.42. The molecule has 1 N–H and O–H groups in total. The lowest BCUT2D eigenvalue weighted by Crippen LogP contribution is -2.35. The Balaban J connectivity index is 1.79. The number of halogens is 1. The summed E-state index contributed by atoms with van der Waals surface area (Å²) in [5.41, 5.74) is 1.15. The van der Waals surface area contributed by atoms with Crippen LogP contribution in [0.2, 0.25) is 5.02 Å². The van der Waals surface area contributed by atoms with Crippen molar-refractivity contribution >= 4 is 17.5 Å². The van der Waals surface area contributed by atoms with Crippen LogP contribution in [0.25, 0.3) is 0 Å². The number of rotatable bonds is 3. The number of hydrogen-bond acceptors (Lipinski definition) is 3. The zero-order valence-corrected chi connectivity index (χ0v) is 10.9. The fourth-order valence-electron chi connectivity index (χ4n) is 2.08. The van der Waals surface area contributed by atoms with E-state index in [9.17, 15) is 4.79 Å². The van der Waals surface area contributed by atoms with Crippen LogP contribution in [0.5, 0.6) is 0 Å². The molecule has 1 fully saturated rings. The topological polar surface area (TPSA) is 54.9 Å². The Bertz CT molecular complexity index is 594. The first-order valence-electron chi connectivity index (χ1n) is 6.04. The highest BCUT2D eigenvalue weighted by atomic mass is 35.5. The van der Waals surface area contributed by atoms with Gasteiger partial charge in [0.05, 0.1) is 11.7 Å². The van der Waals surface area contributed by atoms with Crippen molar-refractivity contribution in [2.24, 2.45) is 0 Å². The van der Waals surface area contributed by atoms with E-state index in [0.29, 0.717) is 10.7 Å². The van der Waals surface area contributed by atoms with E-state index >= 15 is 0 Å². The summed E-state index contributed by atoms with van der Waals surface area (Å²) in [5, 5.41) is 3.73. The Hall–Kier alpha value is -1.94. The molecule has 0 aliphatic heterocycles. The van der Waals surface area contributed by atoms with Crippen LogP contribution < -0.4 is 5.32 Å². The molecule has 1 heterocycles. The molecule has 0 bridgehead atoms. The quantitative estimate of drug-likeness (QED) is 0.935. The smallest absolute Gasteiger partial charge is 0.272 e. The predicted octanol–water partition coefficient (Wildman–Crippen LogP) is 2.55. The molecule has 0 unspecified atom stereocenters. The lowest BCUT2D eigenvalue weighted by atomic mass is 10.0. The van der Waals surface area contributed by atoms with Gasteiger partial charge in [-0.15, -0.1) is 0 Å². The molecule has 0 spiro atoms. The van der Waals surface area contributed by atoms with Crippen molar-refractivity contribution in [3.05, 3.63) is 59.1 Å². The molecule has 1 aromatic carbocycles. The number of carbonyl (C=O) groups excluding carboxylic acids is 1. The second kappa shape index (κ2) is 4.63. The molecule has 19 heavy (non-hydrogen) atoms. The molecule has 5 heteroatoms. The SMILES string of the molecule is O=C(NC1(c2ccc(Cl)cc2)CC1)c1cnccn1. The van der Waals surface area contributed by atoms with Gasteiger partial charge < -0.3 is 5.32 Å². The minimum atomic E-state index is -0.265. The van der Waals surface area contributed by atoms with E-state index in [1.807, 2.05) is 24.3 Å². The van der Waals surface area contributed by atoms with Crippen LogP contribution in [-0.4, -0.2) is 15.9 Å². The van der Waals surface area contributed by atoms with Gasteiger partial charge in [-0.05, 0) is 30.5 Å². The van der Waals surface area contributed by atoms with Gasteiger partial charge in [-0.3, -0.25) is 9.78 Å². The maximum Gasteiger partial charge on any atom is 0.272 e. The van der Waals surface area contributed by atoms with Gasteiger partial charge in [-0.1, -0.05) is 23.7 Å². The van der Waals surface area contributed by atoms with Crippen LogP contribution in [0.15, 0.2) is 42.9 Å². The van der Waals surface area contributed by atoms with Gasteiger partial charge in [0.15, 0.2) is 0 Å². The maximum absolute atomic E-state index is 12.1. The summed E-state index contributed by atoms with van der Waals surface area (Å²) < 4.78 is 0. The van der Waals surface area contributed by atoms with Gasteiger partial charge in [0.25, 0.3) is 5.91 Å². The summed E-state index contributed by atoms with van der Waals surface area (Å²) in [6.07, 6.45) is 6.38. The number of benzene rings is 1. The minimum Gasteiger partial charge on any atom is -0.341 e. The van der Waals surface area contributed by atoms with Gasteiger partial charge in [-0.25, -0.2) is 4.98 Å². The van der Waals surface area contributed by atoms with Crippen molar-refractivity contribution in [2.75, 3.05) is 0 Å². The second-order valence-corrected chi connectivity index (χ2v) is 5.07. The fraction of sp³-hybridized carbons (Fsp3) is 0.214. The van der Waals surface area contributed by atoms with Crippen molar-refractivity contribution in [1.29, 1.82) is 0 Å². The molecule has 1 aliphatic carbocycles. The Morgan fingerprint density at radius 1 is 1.21 bits per heavy atom. The predicted molar refractivity (Wildman–Crippen MR) is 71.9 cm³/mol. The van der Waals surface area contributed by atoms with E-state index in [2.05, 4.69) is 15.3 Å². The van der Waals surface area contributed by atoms with Crippen molar-refractivity contribution in [3.8, 4) is 0 Å². The summed E-state index contributed by atoms with van der Waals surface area (Å²) in [6.45, 7) is 0. The Morgan fingerprint density at radius 2 is 1.95 bits per heavy atom. The van der Waals surface area contributed by atoms with Crippen molar-refractivity contribution in [3.63, 3.8) is 0 Å². The number of aromatic nitrogens is 2. The Labute approximate surface area is 115 Å². The first kappa shape index (κ1) is 12.1. The summed E-state index contributed by atoms with van der Waals surface area (Å²) >= 11 is 5.88. The van der Waals surface area contributed by atoms with Crippen LogP contribution >= 0.6 is 11.6 Å². The van der Waals surface area contributed by atoms with E-state index in [1.165, 1.54) is 12.4 Å². The summed E-state index contributed by atoms with van der Waals surface area (Å²) in [4.78, 5) is 20.0. The largest absolute Gasteiger partial charge is 0.341 e. The average molecular weight is 274 g/mol. The second-order valence-electron chi connectivity index (χ2n) is 4.63. The molecule has 2 aromatic rings. The highest BCUT2D eigenvalue weighted by molar-refractivity contribution is 6.30. The molecule has 4 nitrogen and oxygen atoms in total. The molecule has 0 saturated heterocycles. The molecular weight excluding hydrogens is 262 g/mol. The minimum absolute atomic E-state index is 0.194. The van der Waals surface area contributed by atoms with Crippen molar-refractivity contribution in [2.45, 2.75) is 18.4 Å². The number of nitrogens with one attached hydrogen (secondary N) is 1. The molecule has 96 valence electrons. The number of hydrogen-bond donors (Lipinski definition) is 1. The van der Waals surface area contributed by atoms with Crippen LogP contribution in [-0.2, 0) is 5.54 Å². The van der Waals surface area contributed by atoms with Crippen LogP contribution in [0, 0.1) is 0 Å². The van der Waals surface area contributed by atoms with E-state index in [0.717, 1.165) is 18.4 Å². The monoisotopic (exact) mass is 273 g/mol. The van der Waals surface area contributed by atoms with E-state index < -0.39 is 0 Å². The van der Waals surface area contributed by atoms with Crippen LogP contribution in [0.1, 0.15) is 28.9 Å². The van der Waals surface area contributed by atoms with Gasteiger partial charge in [0.1, 0.15) is 5.69 Å². The molecular formula is C14H12ClN3O.